The molecule has 0 heterocycles. The second kappa shape index (κ2) is 6.02. The number of hydrogen-bond acceptors (Lipinski definition) is 1. The molecule has 0 fully saturated rings. The first-order valence-corrected chi connectivity index (χ1v) is 9.13. The number of carbonyl (C=O) groups is 1. The van der Waals surface area contributed by atoms with E-state index in [1.165, 1.54) is 0 Å². The van der Waals surface area contributed by atoms with Gasteiger partial charge in [0.1, 0.15) is 0 Å². The molecule has 0 amide bonds. The number of halogens is 2. The third-order valence-corrected chi connectivity index (χ3v) is 8.82. The molecule has 3 heteroatoms. The van der Waals surface area contributed by atoms with Crippen molar-refractivity contribution in [1.82, 2.24) is 0 Å². The van der Waals surface area contributed by atoms with Crippen LogP contribution in [-0.4, -0.2) is 15.4 Å². The molecule has 0 saturated heterocycles. The molecule has 0 radical (unpaired) electrons. The van der Waals surface area contributed by atoms with Crippen molar-refractivity contribution >= 4 is 37.6 Å². The van der Waals surface area contributed by atoms with Gasteiger partial charge in [0.2, 0.25) is 0 Å². The van der Waals surface area contributed by atoms with E-state index in [2.05, 4.69) is 101 Å². The van der Waals surface area contributed by atoms with Gasteiger partial charge in [-0.05, 0) is 21.7 Å². The molecule has 0 aliphatic heterocycles. The lowest BCUT2D eigenvalue weighted by molar-refractivity contribution is -0.124. The Labute approximate surface area is 142 Å². The molecule has 0 aromatic carbocycles. The summed E-state index contributed by atoms with van der Waals surface area (Å²) in [5.74, 6) is 0.241. The van der Waals surface area contributed by atoms with E-state index < -0.39 is 0 Å². The maximum absolute atomic E-state index is 12.9. The van der Waals surface area contributed by atoms with Gasteiger partial charge in [0.15, 0.2) is 5.78 Å². The molecule has 1 nitrogen and oxygen atoms in total. The highest BCUT2D eigenvalue weighted by Crippen LogP contribution is 2.49. The topological polar surface area (TPSA) is 17.1 Å². The number of hydrogen-bond donors (Lipinski definition) is 0. The van der Waals surface area contributed by atoms with Crippen LogP contribution in [0.15, 0.2) is 0 Å². The Bertz CT molecular complexity index is 322. The monoisotopic (exact) mass is 410 g/mol. The minimum Gasteiger partial charge on any atom is -0.297 e. The van der Waals surface area contributed by atoms with Crippen LogP contribution in [0.3, 0.4) is 0 Å². The van der Waals surface area contributed by atoms with Crippen molar-refractivity contribution in [3.05, 3.63) is 0 Å². The molecule has 0 spiro atoms. The summed E-state index contributed by atoms with van der Waals surface area (Å²) in [6, 6.07) is 0. The van der Waals surface area contributed by atoms with Crippen molar-refractivity contribution in [2.24, 2.45) is 21.7 Å². The maximum atomic E-state index is 12.9. The van der Waals surface area contributed by atoms with Crippen molar-refractivity contribution in [2.75, 3.05) is 0 Å². The van der Waals surface area contributed by atoms with Crippen LogP contribution >= 0.6 is 31.9 Å². The lowest BCUT2D eigenvalue weighted by atomic mass is 9.63. The fourth-order valence-corrected chi connectivity index (χ4v) is 3.86. The largest absolute Gasteiger partial charge is 0.297 e. The molecule has 120 valence electrons. The highest BCUT2D eigenvalue weighted by molar-refractivity contribution is 9.10. The van der Waals surface area contributed by atoms with Gasteiger partial charge >= 0.3 is 0 Å². The standard InChI is InChI=1S/C17H32Br2O/c1-14(2,3)16(7,8)12(18)11(20)13(19)17(9,10)15(4,5)6/h12-13H,1-10H3. The second-order valence-corrected chi connectivity index (χ2v) is 10.9. The summed E-state index contributed by atoms with van der Waals surface area (Å²) in [4.78, 5) is 12.6. The number of rotatable bonds is 4. The van der Waals surface area contributed by atoms with Crippen molar-refractivity contribution in [3.8, 4) is 0 Å². The van der Waals surface area contributed by atoms with Gasteiger partial charge in [-0.3, -0.25) is 4.79 Å². The van der Waals surface area contributed by atoms with Crippen molar-refractivity contribution < 1.29 is 4.79 Å². The summed E-state index contributed by atoms with van der Waals surface area (Å²) in [7, 11) is 0. The van der Waals surface area contributed by atoms with Crippen molar-refractivity contribution in [2.45, 2.75) is 78.9 Å². The molecule has 0 rings (SSSR count). The Morgan fingerprint density at radius 2 is 0.850 bits per heavy atom. The molecule has 0 aliphatic carbocycles. The zero-order valence-electron chi connectivity index (χ0n) is 14.8. The van der Waals surface area contributed by atoms with Crippen LogP contribution in [0, 0.1) is 21.7 Å². The second-order valence-electron chi connectivity index (χ2n) is 9.07. The molecule has 0 aromatic heterocycles. The fraction of sp³-hybridized carbons (Fsp3) is 0.941. The van der Waals surface area contributed by atoms with Crippen molar-refractivity contribution in [3.63, 3.8) is 0 Å². The van der Waals surface area contributed by atoms with E-state index in [9.17, 15) is 4.79 Å². The van der Waals surface area contributed by atoms with E-state index in [0.717, 1.165) is 0 Å². The number of Topliss-reactive ketones (excluding diaryl/α,β-unsaturated/α-hetero) is 1. The summed E-state index contributed by atoms with van der Waals surface area (Å²) in [6.45, 7) is 21.8. The minimum atomic E-state index is -0.166. The van der Waals surface area contributed by atoms with Crippen LogP contribution in [-0.2, 0) is 4.79 Å². The normalized spacial score (nSPS) is 17.8. The molecule has 2 atom stereocenters. The molecule has 2 unspecified atom stereocenters. The highest BCUT2D eigenvalue weighted by Gasteiger charge is 2.49. The number of carbonyl (C=O) groups excluding carboxylic acids is 1. The van der Waals surface area contributed by atoms with Crippen LogP contribution in [0.5, 0.6) is 0 Å². The van der Waals surface area contributed by atoms with E-state index in [1.54, 1.807) is 0 Å². The molecule has 20 heavy (non-hydrogen) atoms. The predicted octanol–water partition coefficient (Wildman–Crippen LogP) is 6.23. The lowest BCUT2D eigenvalue weighted by Gasteiger charge is -2.46. The Morgan fingerprint density at radius 3 is 1.00 bits per heavy atom. The van der Waals surface area contributed by atoms with Crippen LogP contribution in [0.25, 0.3) is 0 Å². The summed E-state index contributed by atoms with van der Waals surface area (Å²) in [6.07, 6.45) is 0. The predicted molar refractivity (Wildman–Crippen MR) is 96.9 cm³/mol. The molecule has 0 bridgehead atoms. The van der Waals surface area contributed by atoms with Crippen LogP contribution in [0.4, 0.5) is 0 Å². The zero-order valence-corrected chi connectivity index (χ0v) is 18.0. The van der Waals surface area contributed by atoms with Gasteiger partial charge in [-0.1, -0.05) is 101 Å². The number of ketones is 1. The van der Waals surface area contributed by atoms with E-state index >= 15 is 0 Å². The Hall–Kier alpha value is 0.630. The third-order valence-electron chi connectivity index (χ3n) is 5.63. The third kappa shape index (κ3) is 3.88. The summed E-state index contributed by atoms with van der Waals surface area (Å²) < 4.78 is 0. The van der Waals surface area contributed by atoms with Gasteiger partial charge in [0.25, 0.3) is 0 Å². The smallest absolute Gasteiger partial charge is 0.161 e. The summed E-state index contributed by atoms with van der Waals surface area (Å²) in [5, 5.41) is 0. The average Bonchev–Trinajstić information content (AvgIpc) is 2.22. The van der Waals surface area contributed by atoms with E-state index in [0.29, 0.717) is 0 Å². The first-order chi connectivity index (χ1) is 8.48. The van der Waals surface area contributed by atoms with E-state index in [4.69, 9.17) is 0 Å². The quantitative estimate of drug-likeness (QED) is 0.501. The molecular formula is C17H32Br2O. The van der Waals surface area contributed by atoms with Gasteiger partial charge in [-0.2, -0.15) is 0 Å². The first-order valence-electron chi connectivity index (χ1n) is 7.30. The molecule has 0 aromatic rings. The Balaban J connectivity index is 5.40. The molecule has 0 aliphatic rings. The van der Waals surface area contributed by atoms with Crippen LogP contribution < -0.4 is 0 Å². The first kappa shape index (κ1) is 20.6. The van der Waals surface area contributed by atoms with Gasteiger partial charge in [-0.25, -0.2) is 0 Å². The fourth-order valence-electron chi connectivity index (χ4n) is 1.60. The van der Waals surface area contributed by atoms with Crippen LogP contribution in [0.2, 0.25) is 0 Å². The summed E-state index contributed by atoms with van der Waals surface area (Å²) >= 11 is 7.36. The Morgan fingerprint density at radius 1 is 0.650 bits per heavy atom. The van der Waals surface area contributed by atoms with Gasteiger partial charge in [0.05, 0.1) is 9.65 Å². The van der Waals surface area contributed by atoms with Gasteiger partial charge in [0, 0.05) is 0 Å². The SMILES string of the molecule is CC(C)(C)C(C)(C)C(Br)C(=O)C(Br)C(C)(C)C(C)(C)C. The lowest BCUT2D eigenvalue weighted by Crippen LogP contribution is -2.50. The molecule has 0 saturated carbocycles. The van der Waals surface area contributed by atoms with E-state index in [1.807, 2.05) is 0 Å². The zero-order chi connectivity index (χ0) is 16.7. The van der Waals surface area contributed by atoms with Gasteiger partial charge < -0.3 is 0 Å². The summed E-state index contributed by atoms with van der Waals surface area (Å²) in [5.41, 5.74) is -0.140. The van der Waals surface area contributed by atoms with Crippen molar-refractivity contribution in [1.29, 1.82) is 0 Å². The number of alkyl halides is 2. The minimum absolute atomic E-state index is 0.0510. The maximum Gasteiger partial charge on any atom is 0.161 e. The molecule has 0 N–H and O–H groups in total. The average molecular weight is 412 g/mol. The Kier molecular flexibility index (Phi) is 6.21. The van der Waals surface area contributed by atoms with E-state index in [-0.39, 0.29) is 37.1 Å². The molecular weight excluding hydrogens is 380 g/mol. The highest BCUT2D eigenvalue weighted by atomic mass is 79.9. The van der Waals surface area contributed by atoms with Gasteiger partial charge in [-0.15, -0.1) is 0 Å². The van der Waals surface area contributed by atoms with Crippen LogP contribution in [0.1, 0.15) is 69.2 Å².